The van der Waals surface area contributed by atoms with Gasteiger partial charge in [0.25, 0.3) is 0 Å². The average Bonchev–Trinajstić information content (AvgIpc) is 2.49. The smallest absolute Gasteiger partial charge is 0.0314 e. The summed E-state index contributed by atoms with van der Waals surface area (Å²) in [7, 11) is 0. The molecule has 0 atom stereocenters. The highest BCUT2D eigenvalue weighted by molar-refractivity contribution is 5.75. The first-order valence-corrected chi connectivity index (χ1v) is 7.37. The van der Waals surface area contributed by atoms with E-state index in [1.165, 1.54) is 0 Å². The SMILES string of the molecule is C=C(C)/C=C\C(=C/C)C(=C)/C=C\C(=C/C)c1ccc(N)cc1. The number of nitrogen functional groups attached to an aromatic ring is 1. The summed E-state index contributed by atoms with van der Waals surface area (Å²) in [5.41, 5.74) is 11.9. The Bertz CT molecular complexity index is 650. The van der Waals surface area contributed by atoms with E-state index in [1.54, 1.807) is 0 Å². The first-order chi connectivity index (χ1) is 10.5. The summed E-state index contributed by atoms with van der Waals surface area (Å²) in [6.07, 6.45) is 12.3. The minimum atomic E-state index is 0.772. The van der Waals surface area contributed by atoms with E-state index in [9.17, 15) is 0 Å². The number of anilines is 1. The van der Waals surface area contributed by atoms with Crippen molar-refractivity contribution in [2.75, 3.05) is 5.73 Å². The van der Waals surface area contributed by atoms with Crippen LogP contribution in [-0.4, -0.2) is 0 Å². The highest BCUT2D eigenvalue weighted by atomic mass is 14.5. The summed E-state index contributed by atoms with van der Waals surface area (Å²) in [5.74, 6) is 0. The normalized spacial score (nSPS) is 13.0. The molecule has 1 rings (SSSR count). The van der Waals surface area contributed by atoms with Crippen LogP contribution in [0.25, 0.3) is 5.57 Å². The zero-order chi connectivity index (χ0) is 16.5. The standard InChI is InChI=1S/C21H25N/c1-6-18(10-8-16(3)4)17(5)9-11-19(7-2)20-12-14-21(22)15-13-20/h6-15H,3,5,22H2,1-2,4H3/b10-8-,11-9-,18-6+,19-7+. The lowest BCUT2D eigenvalue weighted by Gasteiger charge is -2.05. The minimum absolute atomic E-state index is 0.772. The number of rotatable bonds is 6. The molecule has 0 unspecified atom stereocenters. The van der Waals surface area contributed by atoms with Gasteiger partial charge < -0.3 is 5.73 Å². The predicted molar refractivity (Wildman–Crippen MR) is 100 cm³/mol. The van der Waals surface area contributed by atoms with Crippen molar-refractivity contribution < 1.29 is 0 Å². The van der Waals surface area contributed by atoms with Gasteiger partial charge in [-0.15, -0.1) is 0 Å². The van der Waals surface area contributed by atoms with E-state index in [0.717, 1.165) is 33.5 Å². The van der Waals surface area contributed by atoms with Gasteiger partial charge in [-0.2, -0.15) is 0 Å². The van der Waals surface area contributed by atoms with E-state index >= 15 is 0 Å². The zero-order valence-electron chi connectivity index (χ0n) is 13.8. The summed E-state index contributed by atoms with van der Waals surface area (Å²) >= 11 is 0. The lowest BCUT2D eigenvalue weighted by atomic mass is 10.0. The summed E-state index contributed by atoms with van der Waals surface area (Å²) in [4.78, 5) is 0. The molecule has 0 saturated carbocycles. The highest BCUT2D eigenvalue weighted by Gasteiger charge is 1.98. The van der Waals surface area contributed by atoms with Gasteiger partial charge in [0.15, 0.2) is 0 Å². The number of hydrogen-bond donors (Lipinski definition) is 1. The van der Waals surface area contributed by atoms with Crippen molar-refractivity contribution in [3.05, 3.63) is 96.2 Å². The molecule has 0 spiro atoms. The van der Waals surface area contributed by atoms with Crippen LogP contribution in [0.15, 0.2) is 90.6 Å². The van der Waals surface area contributed by atoms with Crippen molar-refractivity contribution in [2.45, 2.75) is 20.8 Å². The molecule has 1 aromatic rings. The third-order valence-electron chi connectivity index (χ3n) is 3.25. The van der Waals surface area contributed by atoms with Gasteiger partial charge in [0.05, 0.1) is 0 Å². The zero-order valence-corrected chi connectivity index (χ0v) is 13.8. The van der Waals surface area contributed by atoms with Crippen molar-refractivity contribution in [1.29, 1.82) is 0 Å². The summed E-state index contributed by atoms with van der Waals surface area (Å²) in [6.45, 7) is 14.0. The molecule has 22 heavy (non-hydrogen) atoms. The van der Waals surface area contributed by atoms with Crippen LogP contribution in [-0.2, 0) is 0 Å². The van der Waals surface area contributed by atoms with Crippen LogP contribution in [0.1, 0.15) is 26.3 Å². The van der Waals surface area contributed by atoms with Crippen LogP contribution in [0.3, 0.4) is 0 Å². The fraction of sp³-hybridized carbons (Fsp3) is 0.143. The lowest BCUT2D eigenvalue weighted by molar-refractivity contribution is 1.48. The number of allylic oxidation sites excluding steroid dienone is 10. The molecule has 0 fully saturated rings. The summed E-state index contributed by atoms with van der Waals surface area (Å²) in [5, 5.41) is 0. The number of benzene rings is 1. The topological polar surface area (TPSA) is 26.0 Å². The third-order valence-corrected chi connectivity index (χ3v) is 3.25. The molecule has 1 heteroatoms. The molecule has 2 N–H and O–H groups in total. The van der Waals surface area contributed by atoms with Gasteiger partial charge >= 0.3 is 0 Å². The van der Waals surface area contributed by atoms with Crippen LogP contribution >= 0.6 is 0 Å². The maximum atomic E-state index is 5.73. The van der Waals surface area contributed by atoms with Gasteiger partial charge in [-0.1, -0.05) is 67.3 Å². The van der Waals surface area contributed by atoms with Crippen LogP contribution in [0.5, 0.6) is 0 Å². The molecule has 0 radical (unpaired) electrons. The largest absolute Gasteiger partial charge is 0.399 e. The Hall–Kier alpha value is -2.54. The van der Waals surface area contributed by atoms with Crippen molar-refractivity contribution in [1.82, 2.24) is 0 Å². The Balaban J connectivity index is 2.91. The van der Waals surface area contributed by atoms with Gasteiger partial charge in [-0.25, -0.2) is 0 Å². The van der Waals surface area contributed by atoms with E-state index in [-0.39, 0.29) is 0 Å². The van der Waals surface area contributed by atoms with E-state index in [2.05, 4.69) is 25.3 Å². The van der Waals surface area contributed by atoms with Crippen molar-refractivity contribution in [2.24, 2.45) is 0 Å². The maximum absolute atomic E-state index is 5.73. The van der Waals surface area contributed by atoms with Crippen LogP contribution in [0.2, 0.25) is 0 Å². The van der Waals surface area contributed by atoms with E-state index in [0.29, 0.717) is 0 Å². The Kier molecular flexibility index (Phi) is 6.91. The van der Waals surface area contributed by atoms with Gasteiger partial charge in [0.1, 0.15) is 0 Å². The predicted octanol–water partition coefficient (Wildman–Crippen LogP) is 5.86. The monoisotopic (exact) mass is 291 g/mol. The maximum Gasteiger partial charge on any atom is 0.0314 e. The molecule has 114 valence electrons. The molecule has 0 heterocycles. The molecule has 0 aliphatic carbocycles. The minimum Gasteiger partial charge on any atom is -0.399 e. The second kappa shape index (κ2) is 8.68. The second-order valence-electron chi connectivity index (χ2n) is 5.15. The van der Waals surface area contributed by atoms with Gasteiger partial charge in [0.2, 0.25) is 0 Å². The second-order valence-corrected chi connectivity index (χ2v) is 5.15. The Morgan fingerprint density at radius 3 is 2.05 bits per heavy atom. The molecule has 1 nitrogen and oxygen atoms in total. The van der Waals surface area contributed by atoms with Gasteiger partial charge in [-0.05, 0) is 55.2 Å². The van der Waals surface area contributed by atoms with Crippen molar-refractivity contribution in [3.8, 4) is 0 Å². The first-order valence-electron chi connectivity index (χ1n) is 7.37. The molecule has 0 saturated heterocycles. The van der Waals surface area contributed by atoms with Crippen molar-refractivity contribution in [3.63, 3.8) is 0 Å². The summed E-state index contributed by atoms with van der Waals surface area (Å²) < 4.78 is 0. The Morgan fingerprint density at radius 2 is 1.55 bits per heavy atom. The van der Waals surface area contributed by atoms with E-state index in [4.69, 9.17) is 5.73 Å². The molecule has 0 bridgehead atoms. The Morgan fingerprint density at radius 1 is 0.909 bits per heavy atom. The van der Waals surface area contributed by atoms with Crippen LogP contribution < -0.4 is 5.73 Å². The highest BCUT2D eigenvalue weighted by Crippen LogP contribution is 2.20. The lowest BCUT2D eigenvalue weighted by Crippen LogP contribution is -1.86. The van der Waals surface area contributed by atoms with E-state index in [1.807, 2.05) is 69.3 Å². The fourth-order valence-electron chi connectivity index (χ4n) is 1.94. The van der Waals surface area contributed by atoms with Gasteiger partial charge in [-0.3, -0.25) is 0 Å². The third kappa shape index (κ3) is 5.45. The molecular weight excluding hydrogens is 266 g/mol. The van der Waals surface area contributed by atoms with E-state index < -0.39 is 0 Å². The van der Waals surface area contributed by atoms with Gasteiger partial charge in [0, 0.05) is 5.69 Å². The molecule has 0 amide bonds. The van der Waals surface area contributed by atoms with Crippen LogP contribution in [0, 0.1) is 0 Å². The molecule has 1 aromatic carbocycles. The van der Waals surface area contributed by atoms with Crippen LogP contribution in [0.4, 0.5) is 5.69 Å². The number of hydrogen-bond acceptors (Lipinski definition) is 1. The Labute approximate surface area is 134 Å². The fourth-order valence-corrected chi connectivity index (χ4v) is 1.94. The molecule has 0 aliphatic heterocycles. The molecule has 0 aliphatic rings. The summed E-state index contributed by atoms with van der Waals surface area (Å²) in [6, 6.07) is 7.87. The number of nitrogens with two attached hydrogens (primary N) is 1. The quantitative estimate of drug-likeness (QED) is 0.515. The van der Waals surface area contributed by atoms with Crippen molar-refractivity contribution >= 4 is 11.3 Å². The first kappa shape index (κ1) is 17.5. The average molecular weight is 291 g/mol. The molecule has 0 aromatic heterocycles. The molecular formula is C21H25N.